The van der Waals surface area contributed by atoms with Gasteiger partial charge in [-0.25, -0.2) is 17.2 Å². The SMILES string of the molecule is O=C(Nc1ccc(S(=O)(=O)N2CCCCC2)cc1F)c1ccc(F)cc1. The van der Waals surface area contributed by atoms with Gasteiger partial charge in [-0.15, -0.1) is 0 Å². The molecule has 138 valence electrons. The van der Waals surface area contributed by atoms with Gasteiger partial charge in [0.1, 0.15) is 11.6 Å². The summed E-state index contributed by atoms with van der Waals surface area (Å²) in [6.45, 7) is 0.847. The Morgan fingerprint density at radius 1 is 0.962 bits per heavy atom. The molecule has 0 spiro atoms. The standard InChI is InChI=1S/C18H18F2N2O3S/c19-14-6-4-13(5-7-14)18(23)21-17-9-8-15(12-16(17)20)26(24,25)22-10-2-1-3-11-22/h4-9,12H,1-3,10-11H2,(H,21,23). The number of amides is 1. The Morgan fingerprint density at radius 2 is 1.62 bits per heavy atom. The third-order valence-corrected chi connectivity index (χ3v) is 6.14. The second kappa shape index (κ2) is 7.51. The summed E-state index contributed by atoms with van der Waals surface area (Å²) < 4.78 is 53.7. The Morgan fingerprint density at radius 3 is 2.23 bits per heavy atom. The first-order valence-corrected chi connectivity index (χ1v) is 9.68. The van der Waals surface area contributed by atoms with E-state index in [0.717, 1.165) is 37.5 Å². The molecule has 8 heteroatoms. The number of piperidine rings is 1. The number of carbonyl (C=O) groups excluding carboxylic acids is 1. The fourth-order valence-corrected chi connectivity index (χ4v) is 4.34. The van der Waals surface area contributed by atoms with Crippen molar-refractivity contribution in [3.63, 3.8) is 0 Å². The first-order valence-electron chi connectivity index (χ1n) is 8.24. The van der Waals surface area contributed by atoms with Gasteiger partial charge >= 0.3 is 0 Å². The Kier molecular flexibility index (Phi) is 5.33. The van der Waals surface area contributed by atoms with Crippen LogP contribution in [0.1, 0.15) is 29.6 Å². The van der Waals surface area contributed by atoms with Crippen LogP contribution in [-0.2, 0) is 10.0 Å². The Labute approximate surface area is 150 Å². The normalized spacial score (nSPS) is 15.6. The highest BCUT2D eigenvalue weighted by Crippen LogP contribution is 2.24. The van der Waals surface area contributed by atoms with Crippen molar-refractivity contribution in [3.05, 3.63) is 59.7 Å². The number of nitrogens with zero attached hydrogens (tertiary/aromatic N) is 1. The van der Waals surface area contributed by atoms with Gasteiger partial charge in [0, 0.05) is 18.7 Å². The number of hydrogen-bond donors (Lipinski definition) is 1. The molecule has 2 aromatic carbocycles. The van der Waals surface area contributed by atoms with Crippen LogP contribution in [0, 0.1) is 11.6 Å². The molecule has 0 bridgehead atoms. The molecule has 0 atom stereocenters. The van der Waals surface area contributed by atoms with Gasteiger partial charge in [0.15, 0.2) is 0 Å². The molecule has 2 aromatic rings. The van der Waals surface area contributed by atoms with Crippen LogP contribution in [0.4, 0.5) is 14.5 Å². The molecule has 1 N–H and O–H groups in total. The highest BCUT2D eigenvalue weighted by Gasteiger charge is 2.26. The summed E-state index contributed by atoms with van der Waals surface area (Å²) in [7, 11) is -3.75. The van der Waals surface area contributed by atoms with Crippen LogP contribution in [0.25, 0.3) is 0 Å². The smallest absolute Gasteiger partial charge is 0.255 e. The first kappa shape index (κ1) is 18.5. The topological polar surface area (TPSA) is 66.5 Å². The van der Waals surface area contributed by atoms with Crippen LogP contribution >= 0.6 is 0 Å². The summed E-state index contributed by atoms with van der Waals surface area (Å²) >= 11 is 0. The van der Waals surface area contributed by atoms with E-state index in [4.69, 9.17) is 0 Å². The highest BCUT2D eigenvalue weighted by atomic mass is 32.2. The van der Waals surface area contributed by atoms with Crippen LogP contribution < -0.4 is 5.32 Å². The average Bonchev–Trinajstić information content (AvgIpc) is 2.64. The summed E-state index contributed by atoms with van der Waals surface area (Å²) in [6.07, 6.45) is 2.55. The lowest BCUT2D eigenvalue weighted by Crippen LogP contribution is -2.35. The zero-order valence-corrected chi connectivity index (χ0v) is 14.7. The van der Waals surface area contributed by atoms with Crippen molar-refractivity contribution in [1.82, 2.24) is 4.31 Å². The summed E-state index contributed by atoms with van der Waals surface area (Å²) in [4.78, 5) is 11.9. The first-order chi connectivity index (χ1) is 12.4. The molecule has 1 saturated heterocycles. The van der Waals surface area contributed by atoms with E-state index < -0.39 is 27.6 Å². The molecule has 1 fully saturated rings. The van der Waals surface area contributed by atoms with E-state index in [1.807, 2.05) is 0 Å². The van der Waals surface area contributed by atoms with Crippen LogP contribution in [-0.4, -0.2) is 31.7 Å². The van der Waals surface area contributed by atoms with Gasteiger partial charge < -0.3 is 5.32 Å². The third kappa shape index (κ3) is 3.91. The fraction of sp³-hybridized carbons (Fsp3) is 0.278. The number of halogens is 2. The minimum Gasteiger partial charge on any atom is -0.319 e. The number of sulfonamides is 1. The zero-order chi connectivity index (χ0) is 18.7. The monoisotopic (exact) mass is 380 g/mol. The van der Waals surface area contributed by atoms with E-state index in [9.17, 15) is 22.0 Å². The summed E-state index contributed by atoms with van der Waals surface area (Å²) in [5.41, 5.74) is 0.0210. The van der Waals surface area contributed by atoms with E-state index in [1.165, 1.54) is 28.6 Å². The molecule has 5 nitrogen and oxygen atoms in total. The van der Waals surface area contributed by atoms with Crippen LogP contribution in [0.15, 0.2) is 47.4 Å². The molecule has 0 saturated carbocycles. The van der Waals surface area contributed by atoms with Gasteiger partial charge in [0.2, 0.25) is 10.0 Å². The van der Waals surface area contributed by atoms with E-state index in [1.54, 1.807) is 0 Å². The molecule has 1 aliphatic heterocycles. The predicted octanol–water partition coefficient (Wildman–Crippen LogP) is 3.39. The molecule has 0 aliphatic carbocycles. The van der Waals surface area contributed by atoms with Crippen molar-refractivity contribution in [2.45, 2.75) is 24.2 Å². The zero-order valence-electron chi connectivity index (χ0n) is 13.9. The van der Waals surface area contributed by atoms with Crippen LogP contribution in [0.2, 0.25) is 0 Å². The van der Waals surface area contributed by atoms with Crippen molar-refractivity contribution >= 4 is 21.6 Å². The molecular formula is C18H18F2N2O3S. The molecule has 1 amide bonds. The van der Waals surface area contributed by atoms with Gasteiger partial charge in [-0.3, -0.25) is 4.79 Å². The van der Waals surface area contributed by atoms with Gasteiger partial charge in [0.25, 0.3) is 5.91 Å². The van der Waals surface area contributed by atoms with Gasteiger partial charge in [0.05, 0.1) is 10.6 Å². The largest absolute Gasteiger partial charge is 0.319 e. The van der Waals surface area contributed by atoms with E-state index in [2.05, 4.69) is 5.32 Å². The molecule has 0 radical (unpaired) electrons. The van der Waals surface area contributed by atoms with E-state index >= 15 is 0 Å². The highest BCUT2D eigenvalue weighted by molar-refractivity contribution is 7.89. The Hall–Kier alpha value is -2.32. The number of nitrogens with one attached hydrogen (secondary N) is 1. The maximum absolute atomic E-state index is 14.3. The second-order valence-electron chi connectivity index (χ2n) is 6.07. The van der Waals surface area contributed by atoms with Crippen LogP contribution in [0.3, 0.4) is 0 Å². The number of carbonyl (C=O) groups is 1. The van der Waals surface area contributed by atoms with Gasteiger partial charge in [-0.2, -0.15) is 4.31 Å². The number of anilines is 1. The van der Waals surface area contributed by atoms with Crippen LogP contribution in [0.5, 0.6) is 0 Å². The summed E-state index contributed by atoms with van der Waals surface area (Å²) in [5.74, 6) is -1.95. The fourth-order valence-electron chi connectivity index (χ4n) is 2.81. The number of benzene rings is 2. The molecule has 3 rings (SSSR count). The molecule has 0 aromatic heterocycles. The average molecular weight is 380 g/mol. The molecule has 26 heavy (non-hydrogen) atoms. The van der Waals surface area contributed by atoms with Crippen molar-refractivity contribution in [2.24, 2.45) is 0 Å². The minimum absolute atomic E-state index is 0.142. The van der Waals surface area contributed by atoms with Crippen molar-refractivity contribution in [1.29, 1.82) is 0 Å². The quantitative estimate of drug-likeness (QED) is 0.884. The van der Waals surface area contributed by atoms with E-state index in [0.29, 0.717) is 13.1 Å². The van der Waals surface area contributed by atoms with E-state index in [-0.39, 0.29) is 16.1 Å². The summed E-state index contributed by atoms with van der Waals surface area (Å²) in [6, 6.07) is 8.19. The Bertz CT molecular complexity index is 909. The predicted molar refractivity (Wildman–Crippen MR) is 93.4 cm³/mol. The third-order valence-electron chi connectivity index (χ3n) is 4.25. The summed E-state index contributed by atoms with van der Waals surface area (Å²) in [5, 5.41) is 2.36. The van der Waals surface area contributed by atoms with Gasteiger partial charge in [-0.1, -0.05) is 6.42 Å². The Balaban J connectivity index is 1.79. The minimum atomic E-state index is -3.75. The maximum Gasteiger partial charge on any atom is 0.255 e. The number of rotatable bonds is 4. The van der Waals surface area contributed by atoms with Gasteiger partial charge in [-0.05, 0) is 55.3 Å². The maximum atomic E-state index is 14.3. The lowest BCUT2D eigenvalue weighted by Gasteiger charge is -2.26. The van der Waals surface area contributed by atoms with Crippen molar-refractivity contribution in [3.8, 4) is 0 Å². The molecule has 1 aliphatic rings. The molecular weight excluding hydrogens is 362 g/mol. The molecule has 0 unspecified atom stereocenters. The van der Waals surface area contributed by atoms with Crippen molar-refractivity contribution in [2.75, 3.05) is 18.4 Å². The lowest BCUT2D eigenvalue weighted by molar-refractivity contribution is 0.102. The molecule has 1 heterocycles. The van der Waals surface area contributed by atoms with Crippen molar-refractivity contribution < 1.29 is 22.0 Å². The second-order valence-corrected chi connectivity index (χ2v) is 8.01. The lowest BCUT2D eigenvalue weighted by atomic mass is 10.2. The number of hydrogen-bond acceptors (Lipinski definition) is 3.